The maximum Gasteiger partial charge on any atom is 0.228 e. The van der Waals surface area contributed by atoms with Crippen LogP contribution in [0.15, 0.2) is 24.3 Å². The molecular formula is C12H14ClN5. The lowest BCUT2D eigenvalue weighted by atomic mass is 10.1. The number of nitrogen functional groups attached to an aromatic ring is 1. The van der Waals surface area contributed by atoms with Gasteiger partial charge >= 0.3 is 0 Å². The van der Waals surface area contributed by atoms with E-state index in [9.17, 15) is 0 Å². The Balaban J connectivity index is 2.21. The molecule has 0 amide bonds. The molecular weight excluding hydrogens is 250 g/mol. The molecule has 0 aliphatic rings. The predicted octanol–water partition coefficient (Wildman–Crippen LogP) is 2.59. The second-order valence-corrected chi connectivity index (χ2v) is 4.36. The van der Waals surface area contributed by atoms with Crippen LogP contribution in [0, 0.1) is 6.92 Å². The van der Waals surface area contributed by atoms with Crippen LogP contribution >= 0.6 is 11.6 Å². The van der Waals surface area contributed by atoms with Crippen molar-refractivity contribution in [1.82, 2.24) is 15.0 Å². The van der Waals surface area contributed by atoms with Crippen molar-refractivity contribution in [3.05, 3.63) is 40.7 Å². The Kier molecular flexibility index (Phi) is 3.62. The number of halogens is 1. The molecule has 2 aromatic rings. The second-order valence-electron chi connectivity index (χ2n) is 3.95. The normalized spacial score (nSPS) is 12.2. The number of benzene rings is 1. The molecule has 0 fully saturated rings. The zero-order chi connectivity index (χ0) is 13.1. The third-order valence-electron chi connectivity index (χ3n) is 2.48. The van der Waals surface area contributed by atoms with Gasteiger partial charge in [-0.2, -0.15) is 15.0 Å². The van der Waals surface area contributed by atoms with Gasteiger partial charge in [0.1, 0.15) is 5.82 Å². The third-order valence-corrected chi connectivity index (χ3v) is 2.83. The molecule has 0 saturated heterocycles. The number of rotatable bonds is 3. The summed E-state index contributed by atoms with van der Waals surface area (Å²) in [5.74, 6) is 1.24. The van der Waals surface area contributed by atoms with Gasteiger partial charge in [0, 0.05) is 5.02 Å². The van der Waals surface area contributed by atoms with Crippen molar-refractivity contribution in [3.8, 4) is 0 Å². The Bertz CT molecular complexity index is 538. The lowest BCUT2D eigenvalue weighted by molar-refractivity contribution is 0.848. The highest BCUT2D eigenvalue weighted by Gasteiger charge is 2.11. The zero-order valence-corrected chi connectivity index (χ0v) is 10.9. The quantitative estimate of drug-likeness (QED) is 0.890. The Labute approximate surface area is 110 Å². The predicted molar refractivity (Wildman–Crippen MR) is 72.5 cm³/mol. The van der Waals surface area contributed by atoms with E-state index in [4.69, 9.17) is 17.3 Å². The SMILES string of the molecule is Cc1nc(N)nc(NC(C)c2ccccc2Cl)n1. The lowest BCUT2D eigenvalue weighted by Gasteiger charge is -2.15. The topological polar surface area (TPSA) is 76.7 Å². The van der Waals surface area contributed by atoms with E-state index in [1.54, 1.807) is 6.92 Å². The summed E-state index contributed by atoms with van der Waals surface area (Å²) in [6.45, 7) is 3.75. The van der Waals surface area contributed by atoms with Gasteiger partial charge < -0.3 is 11.1 Å². The minimum Gasteiger partial charge on any atom is -0.368 e. The van der Waals surface area contributed by atoms with Gasteiger partial charge in [0.2, 0.25) is 11.9 Å². The van der Waals surface area contributed by atoms with E-state index < -0.39 is 0 Å². The van der Waals surface area contributed by atoms with Crippen LogP contribution in [0.2, 0.25) is 5.02 Å². The highest BCUT2D eigenvalue weighted by atomic mass is 35.5. The maximum atomic E-state index is 6.13. The molecule has 1 heterocycles. The Morgan fingerprint density at radius 1 is 1.22 bits per heavy atom. The lowest BCUT2D eigenvalue weighted by Crippen LogP contribution is -2.12. The fourth-order valence-corrected chi connectivity index (χ4v) is 1.96. The van der Waals surface area contributed by atoms with Gasteiger partial charge in [-0.1, -0.05) is 29.8 Å². The highest BCUT2D eigenvalue weighted by Crippen LogP contribution is 2.24. The van der Waals surface area contributed by atoms with Crippen molar-refractivity contribution in [1.29, 1.82) is 0 Å². The number of aryl methyl sites for hydroxylation is 1. The first-order valence-electron chi connectivity index (χ1n) is 5.55. The van der Waals surface area contributed by atoms with E-state index >= 15 is 0 Å². The molecule has 1 aromatic carbocycles. The number of anilines is 2. The van der Waals surface area contributed by atoms with Crippen LogP contribution in [0.3, 0.4) is 0 Å². The summed E-state index contributed by atoms with van der Waals surface area (Å²) < 4.78 is 0. The van der Waals surface area contributed by atoms with E-state index in [0.717, 1.165) is 5.56 Å². The molecule has 0 aliphatic carbocycles. The van der Waals surface area contributed by atoms with Crippen molar-refractivity contribution in [2.45, 2.75) is 19.9 Å². The Morgan fingerprint density at radius 3 is 2.61 bits per heavy atom. The standard InChI is InChI=1S/C12H14ClN5/c1-7(9-5-3-4-6-10(9)13)15-12-17-8(2)16-11(14)18-12/h3-7H,1-2H3,(H3,14,15,16,17,18). The van der Waals surface area contributed by atoms with Crippen LogP contribution in [0.1, 0.15) is 24.4 Å². The maximum absolute atomic E-state index is 6.13. The average Bonchev–Trinajstić information content (AvgIpc) is 2.27. The monoisotopic (exact) mass is 263 g/mol. The van der Waals surface area contributed by atoms with Gasteiger partial charge in [-0.15, -0.1) is 0 Å². The molecule has 3 N–H and O–H groups in total. The number of hydrogen-bond acceptors (Lipinski definition) is 5. The van der Waals surface area contributed by atoms with Gasteiger partial charge in [0.05, 0.1) is 6.04 Å². The summed E-state index contributed by atoms with van der Waals surface area (Å²) in [4.78, 5) is 12.1. The van der Waals surface area contributed by atoms with Crippen molar-refractivity contribution in [3.63, 3.8) is 0 Å². The molecule has 18 heavy (non-hydrogen) atoms. The van der Waals surface area contributed by atoms with Crippen LogP contribution < -0.4 is 11.1 Å². The summed E-state index contributed by atoms with van der Waals surface area (Å²) in [6, 6.07) is 7.62. The molecule has 5 nitrogen and oxygen atoms in total. The van der Waals surface area contributed by atoms with Gasteiger partial charge in [-0.25, -0.2) is 0 Å². The molecule has 2 rings (SSSR count). The first-order chi connectivity index (χ1) is 8.56. The fraction of sp³-hybridized carbons (Fsp3) is 0.250. The van der Waals surface area contributed by atoms with Crippen LogP contribution in [0.25, 0.3) is 0 Å². The van der Waals surface area contributed by atoms with Gasteiger partial charge in [-0.05, 0) is 25.5 Å². The number of aromatic nitrogens is 3. The van der Waals surface area contributed by atoms with Crippen LogP contribution in [-0.4, -0.2) is 15.0 Å². The van der Waals surface area contributed by atoms with Crippen molar-refractivity contribution in [2.75, 3.05) is 11.1 Å². The summed E-state index contributed by atoms with van der Waals surface area (Å²) >= 11 is 6.13. The summed E-state index contributed by atoms with van der Waals surface area (Å²) in [7, 11) is 0. The first kappa shape index (κ1) is 12.6. The van der Waals surface area contributed by atoms with Crippen molar-refractivity contribution < 1.29 is 0 Å². The van der Waals surface area contributed by atoms with Crippen molar-refractivity contribution in [2.24, 2.45) is 0 Å². The number of nitrogens with one attached hydrogen (secondary N) is 1. The highest BCUT2D eigenvalue weighted by molar-refractivity contribution is 6.31. The number of hydrogen-bond donors (Lipinski definition) is 2. The zero-order valence-electron chi connectivity index (χ0n) is 10.2. The molecule has 1 atom stereocenters. The molecule has 0 aliphatic heterocycles. The largest absolute Gasteiger partial charge is 0.368 e. The smallest absolute Gasteiger partial charge is 0.228 e. The van der Waals surface area contributed by atoms with E-state index in [0.29, 0.717) is 16.8 Å². The summed E-state index contributed by atoms with van der Waals surface area (Å²) in [5, 5.41) is 3.86. The average molecular weight is 264 g/mol. The van der Waals surface area contributed by atoms with Gasteiger partial charge in [0.15, 0.2) is 0 Å². The first-order valence-corrected chi connectivity index (χ1v) is 5.93. The number of nitrogens with two attached hydrogens (primary N) is 1. The minimum absolute atomic E-state index is 0.0140. The molecule has 0 saturated carbocycles. The molecule has 1 unspecified atom stereocenters. The molecule has 0 spiro atoms. The third kappa shape index (κ3) is 2.87. The Morgan fingerprint density at radius 2 is 1.94 bits per heavy atom. The molecule has 0 radical (unpaired) electrons. The van der Waals surface area contributed by atoms with Crippen LogP contribution in [0.4, 0.5) is 11.9 Å². The molecule has 1 aromatic heterocycles. The number of nitrogens with zero attached hydrogens (tertiary/aromatic N) is 3. The second kappa shape index (κ2) is 5.18. The van der Waals surface area contributed by atoms with Crippen LogP contribution in [0.5, 0.6) is 0 Å². The van der Waals surface area contributed by atoms with Gasteiger partial charge in [-0.3, -0.25) is 0 Å². The van der Waals surface area contributed by atoms with Crippen molar-refractivity contribution >= 4 is 23.5 Å². The van der Waals surface area contributed by atoms with Crippen LogP contribution in [-0.2, 0) is 0 Å². The Hall–Kier alpha value is -1.88. The fourth-order valence-electron chi connectivity index (χ4n) is 1.66. The van der Waals surface area contributed by atoms with Gasteiger partial charge in [0.25, 0.3) is 0 Å². The molecule has 0 bridgehead atoms. The summed E-state index contributed by atoms with van der Waals surface area (Å²) in [5.41, 5.74) is 6.56. The minimum atomic E-state index is -0.0140. The molecule has 6 heteroatoms. The van der Waals surface area contributed by atoms with E-state index in [2.05, 4.69) is 20.3 Å². The summed E-state index contributed by atoms with van der Waals surface area (Å²) in [6.07, 6.45) is 0. The molecule has 94 valence electrons. The van der Waals surface area contributed by atoms with E-state index in [1.165, 1.54) is 0 Å². The van der Waals surface area contributed by atoms with E-state index in [-0.39, 0.29) is 12.0 Å². The van der Waals surface area contributed by atoms with E-state index in [1.807, 2.05) is 31.2 Å².